The van der Waals surface area contributed by atoms with Crippen LogP contribution in [0.3, 0.4) is 0 Å². The molecule has 0 aliphatic heterocycles. The van der Waals surface area contributed by atoms with Gasteiger partial charge in [-0.05, 0) is 29.3 Å². The van der Waals surface area contributed by atoms with E-state index in [1.165, 1.54) is 11.1 Å². The van der Waals surface area contributed by atoms with Crippen molar-refractivity contribution in [3.8, 4) is 0 Å². The number of nitrogens with one attached hydrogen (secondary N) is 2. The average Bonchev–Trinajstić information content (AvgIpc) is 3.21. The van der Waals surface area contributed by atoms with Gasteiger partial charge in [-0.2, -0.15) is 5.21 Å². The van der Waals surface area contributed by atoms with E-state index in [4.69, 9.17) is 0 Å². The number of tetrazole rings is 1. The van der Waals surface area contributed by atoms with Crippen LogP contribution in [0, 0.1) is 6.92 Å². The van der Waals surface area contributed by atoms with E-state index in [0.717, 1.165) is 17.7 Å². The maximum atomic E-state index is 11.9. The first-order chi connectivity index (χ1) is 11.1. The van der Waals surface area contributed by atoms with Gasteiger partial charge >= 0.3 is 0 Å². The van der Waals surface area contributed by atoms with Crippen LogP contribution in [0.5, 0.6) is 0 Å². The van der Waals surface area contributed by atoms with Crippen molar-refractivity contribution in [2.75, 3.05) is 0 Å². The zero-order chi connectivity index (χ0) is 16.2. The standard InChI is InChI=1S/C16H15N5O2/c1-10-2-4-11(5-3-10)6-13-7-12(9-17-13)8-14(22)15(23)16-18-20-21-19-16/h2-5,7,9,17H,6,8H2,1H3,(H,18,19,20,21). The average molecular weight is 309 g/mol. The number of hydrogen-bond acceptors (Lipinski definition) is 5. The molecule has 0 spiro atoms. The van der Waals surface area contributed by atoms with Crippen LogP contribution in [-0.4, -0.2) is 37.2 Å². The first-order valence-corrected chi connectivity index (χ1v) is 7.14. The molecule has 0 unspecified atom stereocenters. The summed E-state index contributed by atoms with van der Waals surface area (Å²) < 4.78 is 0. The van der Waals surface area contributed by atoms with E-state index in [9.17, 15) is 9.59 Å². The fourth-order valence-electron chi connectivity index (χ4n) is 2.27. The molecule has 2 N–H and O–H groups in total. The van der Waals surface area contributed by atoms with Crippen molar-refractivity contribution in [2.24, 2.45) is 0 Å². The van der Waals surface area contributed by atoms with E-state index in [1.807, 2.05) is 13.0 Å². The second-order valence-corrected chi connectivity index (χ2v) is 5.36. The fraction of sp³-hybridized carbons (Fsp3) is 0.188. The van der Waals surface area contributed by atoms with Gasteiger partial charge in [0.25, 0.3) is 5.78 Å². The van der Waals surface area contributed by atoms with Crippen molar-refractivity contribution in [2.45, 2.75) is 19.8 Å². The minimum Gasteiger partial charge on any atom is -0.364 e. The van der Waals surface area contributed by atoms with Crippen LogP contribution in [-0.2, 0) is 17.6 Å². The summed E-state index contributed by atoms with van der Waals surface area (Å²) in [4.78, 5) is 26.9. The predicted octanol–water partition coefficient (Wildman–Crippen LogP) is 1.42. The number of aromatic amines is 2. The summed E-state index contributed by atoms with van der Waals surface area (Å²) in [6.07, 6.45) is 2.50. The third kappa shape index (κ3) is 3.57. The maximum absolute atomic E-state index is 11.9. The van der Waals surface area contributed by atoms with Crippen molar-refractivity contribution >= 4 is 11.6 Å². The molecule has 1 aromatic carbocycles. The van der Waals surface area contributed by atoms with Crippen molar-refractivity contribution in [1.29, 1.82) is 0 Å². The highest BCUT2D eigenvalue weighted by Gasteiger charge is 2.21. The molecule has 7 nitrogen and oxygen atoms in total. The fourth-order valence-corrected chi connectivity index (χ4v) is 2.27. The lowest BCUT2D eigenvalue weighted by Crippen LogP contribution is -2.18. The molecule has 2 aromatic heterocycles. The maximum Gasteiger partial charge on any atom is 0.269 e. The van der Waals surface area contributed by atoms with Gasteiger partial charge in [0.05, 0.1) is 0 Å². The Balaban J connectivity index is 1.64. The summed E-state index contributed by atoms with van der Waals surface area (Å²) in [6.45, 7) is 2.04. The molecule has 7 heteroatoms. The zero-order valence-corrected chi connectivity index (χ0v) is 12.5. The molecule has 116 valence electrons. The summed E-state index contributed by atoms with van der Waals surface area (Å²) >= 11 is 0. The smallest absolute Gasteiger partial charge is 0.269 e. The number of carbonyl (C=O) groups is 2. The minimum atomic E-state index is -0.736. The third-order valence-electron chi connectivity index (χ3n) is 3.48. The van der Waals surface area contributed by atoms with Gasteiger partial charge in [0, 0.05) is 24.7 Å². The Morgan fingerprint density at radius 1 is 1.13 bits per heavy atom. The van der Waals surface area contributed by atoms with Gasteiger partial charge in [-0.15, -0.1) is 10.2 Å². The number of benzene rings is 1. The monoisotopic (exact) mass is 309 g/mol. The van der Waals surface area contributed by atoms with Crippen LogP contribution in [0.15, 0.2) is 36.5 Å². The van der Waals surface area contributed by atoms with Gasteiger partial charge in [0.15, 0.2) is 0 Å². The Bertz CT molecular complexity index is 819. The number of hydrogen-bond donors (Lipinski definition) is 2. The lowest BCUT2D eigenvalue weighted by Gasteiger charge is -1.99. The Kier molecular flexibility index (Phi) is 4.09. The zero-order valence-electron chi connectivity index (χ0n) is 12.5. The Labute approximate surface area is 132 Å². The summed E-state index contributed by atoms with van der Waals surface area (Å²) in [6, 6.07) is 10.2. The highest BCUT2D eigenvalue weighted by molar-refractivity contribution is 6.43. The molecule has 3 rings (SSSR count). The topological polar surface area (TPSA) is 104 Å². The molecular formula is C16H15N5O2. The highest BCUT2D eigenvalue weighted by Crippen LogP contribution is 2.12. The van der Waals surface area contributed by atoms with Gasteiger partial charge in [-0.3, -0.25) is 9.59 Å². The molecule has 0 fully saturated rings. The molecule has 0 aliphatic rings. The molecule has 0 bridgehead atoms. The van der Waals surface area contributed by atoms with Crippen LogP contribution < -0.4 is 0 Å². The van der Waals surface area contributed by atoms with Crippen molar-refractivity contribution < 1.29 is 9.59 Å². The molecule has 0 amide bonds. The van der Waals surface area contributed by atoms with Gasteiger partial charge in [-0.1, -0.05) is 29.8 Å². The molecule has 0 saturated heterocycles. The van der Waals surface area contributed by atoms with Crippen LogP contribution >= 0.6 is 0 Å². The first kappa shape index (κ1) is 14.8. The van der Waals surface area contributed by atoms with E-state index in [1.54, 1.807) is 6.20 Å². The number of H-pyrrole nitrogens is 2. The van der Waals surface area contributed by atoms with Crippen molar-refractivity contribution in [3.63, 3.8) is 0 Å². The van der Waals surface area contributed by atoms with E-state index < -0.39 is 11.6 Å². The Morgan fingerprint density at radius 2 is 1.91 bits per heavy atom. The van der Waals surface area contributed by atoms with Gasteiger partial charge in [0.2, 0.25) is 11.6 Å². The van der Waals surface area contributed by atoms with E-state index in [-0.39, 0.29) is 12.2 Å². The van der Waals surface area contributed by atoms with Crippen LogP contribution in [0.2, 0.25) is 0 Å². The van der Waals surface area contributed by atoms with Crippen LogP contribution in [0.1, 0.15) is 33.0 Å². The summed E-state index contributed by atoms with van der Waals surface area (Å²) in [7, 11) is 0. The number of aromatic nitrogens is 5. The lowest BCUT2D eigenvalue weighted by molar-refractivity contribution is -0.114. The quantitative estimate of drug-likeness (QED) is 0.529. The Morgan fingerprint density at radius 3 is 2.61 bits per heavy atom. The lowest BCUT2D eigenvalue weighted by atomic mass is 10.1. The number of rotatable bonds is 6. The van der Waals surface area contributed by atoms with Crippen LogP contribution in [0.25, 0.3) is 0 Å². The number of aryl methyl sites for hydroxylation is 1. The van der Waals surface area contributed by atoms with Crippen LogP contribution in [0.4, 0.5) is 0 Å². The number of Topliss-reactive ketones (excluding diaryl/α,β-unsaturated/α-hetero) is 2. The van der Waals surface area contributed by atoms with Crippen molar-refractivity contribution in [3.05, 3.63) is 64.7 Å². The number of ketones is 2. The minimum absolute atomic E-state index is 0.0117. The Hall–Kier alpha value is -3.09. The van der Waals surface area contributed by atoms with Crippen molar-refractivity contribution in [1.82, 2.24) is 25.6 Å². The third-order valence-corrected chi connectivity index (χ3v) is 3.48. The normalized spacial score (nSPS) is 10.7. The SMILES string of the molecule is Cc1ccc(Cc2cc(CC(=O)C(=O)c3nn[nH]n3)c[nH]2)cc1. The highest BCUT2D eigenvalue weighted by atomic mass is 16.2. The molecule has 0 atom stereocenters. The van der Waals surface area contributed by atoms with Gasteiger partial charge < -0.3 is 4.98 Å². The first-order valence-electron chi connectivity index (χ1n) is 7.14. The predicted molar refractivity (Wildman–Crippen MR) is 82.0 cm³/mol. The molecule has 2 heterocycles. The van der Waals surface area contributed by atoms with Gasteiger partial charge in [0.1, 0.15) is 0 Å². The summed E-state index contributed by atoms with van der Waals surface area (Å²) in [5, 5.41) is 12.5. The van der Waals surface area contributed by atoms with Gasteiger partial charge in [-0.25, -0.2) is 0 Å². The molecule has 0 radical (unpaired) electrons. The molecule has 0 saturated carbocycles. The largest absolute Gasteiger partial charge is 0.364 e. The molecule has 3 aromatic rings. The molecule has 23 heavy (non-hydrogen) atoms. The molecular weight excluding hydrogens is 294 g/mol. The number of nitrogens with zero attached hydrogens (tertiary/aromatic N) is 3. The van der Waals surface area contributed by atoms with E-state index >= 15 is 0 Å². The summed E-state index contributed by atoms with van der Waals surface area (Å²) in [5.41, 5.74) is 4.14. The molecule has 0 aliphatic carbocycles. The summed E-state index contributed by atoms with van der Waals surface area (Å²) in [5.74, 6) is -1.50. The van der Waals surface area contributed by atoms with E-state index in [2.05, 4.69) is 49.9 Å². The second-order valence-electron chi connectivity index (χ2n) is 5.36. The van der Waals surface area contributed by atoms with E-state index in [0.29, 0.717) is 0 Å². The number of carbonyl (C=O) groups excluding carboxylic acids is 2. The second kappa shape index (κ2) is 6.35.